The number of benzene rings is 1. The first kappa shape index (κ1) is 19.7. The van der Waals surface area contributed by atoms with Gasteiger partial charge in [-0.05, 0) is 49.9 Å². The Morgan fingerprint density at radius 1 is 1.15 bits per heavy atom. The van der Waals surface area contributed by atoms with Crippen molar-refractivity contribution in [3.05, 3.63) is 29.8 Å². The van der Waals surface area contributed by atoms with Crippen LogP contribution in [0.25, 0.3) is 0 Å². The van der Waals surface area contributed by atoms with Crippen LogP contribution in [0.15, 0.2) is 29.2 Å². The van der Waals surface area contributed by atoms with Gasteiger partial charge in [-0.25, -0.2) is 8.42 Å². The van der Waals surface area contributed by atoms with Crippen molar-refractivity contribution in [1.82, 2.24) is 9.62 Å². The third-order valence-electron chi connectivity index (χ3n) is 4.73. The molecule has 0 bridgehead atoms. The van der Waals surface area contributed by atoms with E-state index in [4.69, 9.17) is 4.74 Å². The van der Waals surface area contributed by atoms with Crippen molar-refractivity contribution >= 4 is 27.7 Å². The van der Waals surface area contributed by atoms with E-state index in [1.54, 1.807) is 12.1 Å². The van der Waals surface area contributed by atoms with Gasteiger partial charge in [-0.2, -0.15) is 16.1 Å². The Bertz CT molecular complexity index is 694. The first-order valence-corrected chi connectivity index (χ1v) is 11.6. The topological polar surface area (TPSA) is 75.7 Å². The van der Waals surface area contributed by atoms with Crippen molar-refractivity contribution < 1.29 is 17.9 Å². The first-order chi connectivity index (χ1) is 12.6. The zero-order valence-electron chi connectivity index (χ0n) is 14.9. The van der Waals surface area contributed by atoms with Gasteiger partial charge in [-0.3, -0.25) is 4.79 Å². The van der Waals surface area contributed by atoms with E-state index in [0.29, 0.717) is 30.4 Å². The summed E-state index contributed by atoms with van der Waals surface area (Å²) in [6, 6.07) is 6.23. The smallest absolute Gasteiger partial charge is 0.251 e. The molecule has 1 aromatic carbocycles. The van der Waals surface area contributed by atoms with E-state index >= 15 is 0 Å². The molecule has 0 unspecified atom stereocenters. The van der Waals surface area contributed by atoms with Crippen LogP contribution >= 0.6 is 11.8 Å². The summed E-state index contributed by atoms with van der Waals surface area (Å²) in [5, 5.41) is 3.52. The maximum atomic E-state index is 12.5. The van der Waals surface area contributed by atoms with Crippen LogP contribution in [0, 0.1) is 0 Å². The van der Waals surface area contributed by atoms with Crippen LogP contribution in [0.2, 0.25) is 0 Å². The molecule has 8 heteroatoms. The van der Waals surface area contributed by atoms with Crippen LogP contribution in [0.1, 0.15) is 36.0 Å². The van der Waals surface area contributed by atoms with Gasteiger partial charge in [0.2, 0.25) is 10.0 Å². The number of thioether (sulfide) groups is 1. The number of hydrogen-bond acceptors (Lipinski definition) is 5. The second kappa shape index (κ2) is 9.21. The summed E-state index contributed by atoms with van der Waals surface area (Å²) in [4.78, 5) is 12.5. The Kier molecular flexibility index (Phi) is 6.97. The fraction of sp³-hybridized carbons (Fsp3) is 0.611. The van der Waals surface area contributed by atoms with Gasteiger partial charge in [0.15, 0.2) is 0 Å². The maximum Gasteiger partial charge on any atom is 0.251 e. The van der Waals surface area contributed by atoms with Gasteiger partial charge in [0.1, 0.15) is 0 Å². The molecule has 0 aliphatic carbocycles. The molecule has 3 rings (SSSR count). The summed E-state index contributed by atoms with van der Waals surface area (Å²) in [7, 11) is -3.43. The number of rotatable bonds is 7. The van der Waals surface area contributed by atoms with Crippen LogP contribution in [0.4, 0.5) is 0 Å². The van der Waals surface area contributed by atoms with Crippen LogP contribution in [0.3, 0.4) is 0 Å². The Labute approximate surface area is 159 Å². The Hall–Kier alpha value is -1.09. The normalized spacial score (nSPS) is 19.5. The van der Waals surface area contributed by atoms with E-state index in [-0.39, 0.29) is 10.8 Å². The van der Waals surface area contributed by atoms with Crippen molar-refractivity contribution in [3.8, 4) is 0 Å². The molecular weight excluding hydrogens is 372 g/mol. The van der Waals surface area contributed by atoms with Gasteiger partial charge in [-0.15, -0.1) is 0 Å². The maximum absolute atomic E-state index is 12.5. The van der Waals surface area contributed by atoms with E-state index in [2.05, 4.69) is 5.32 Å². The molecule has 0 radical (unpaired) electrons. The molecule has 2 aliphatic heterocycles. The third kappa shape index (κ3) is 5.00. The van der Waals surface area contributed by atoms with Gasteiger partial charge in [0.05, 0.1) is 4.90 Å². The highest BCUT2D eigenvalue weighted by atomic mass is 32.2. The summed E-state index contributed by atoms with van der Waals surface area (Å²) < 4.78 is 31.8. The van der Waals surface area contributed by atoms with Crippen LogP contribution in [0.5, 0.6) is 0 Å². The van der Waals surface area contributed by atoms with Gasteiger partial charge >= 0.3 is 0 Å². The molecule has 26 heavy (non-hydrogen) atoms. The molecule has 0 atom stereocenters. The third-order valence-corrected chi connectivity index (χ3v) is 8.02. The number of nitrogens with zero attached hydrogens (tertiary/aromatic N) is 1. The van der Waals surface area contributed by atoms with Crippen molar-refractivity contribution in [2.75, 3.05) is 38.6 Å². The fourth-order valence-electron chi connectivity index (χ4n) is 3.19. The first-order valence-electron chi connectivity index (χ1n) is 9.15. The van der Waals surface area contributed by atoms with Crippen LogP contribution in [-0.4, -0.2) is 62.5 Å². The van der Waals surface area contributed by atoms with E-state index in [0.717, 1.165) is 44.6 Å². The molecule has 2 aliphatic rings. The molecule has 1 aromatic rings. The average molecular weight is 399 g/mol. The summed E-state index contributed by atoms with van der Waals surface area (Å²) >= 11 is 1.87. The molecule has 2 fully saturated rings. The van der Waals surface area contributed by atoms with E-state index in [9.17, 15) is 13.2 Å². The SMILES string of the molecule is O=C(NCCSC1CCOCC1)c1ccc(S(=O)(=O)N2CCCC2)cc1. The molecule has 2 heterocycles. The quantitative estimate of drug-likeness (QED) is 0.712. The standard InChI is InChI=1S/C18H26N2O4S2/c21-18(19-9-14-25-16-7-12-24-13-8-16)15-3-5-17(6-4-15)26(22,23)20-10-1-2-11-20/h3-6,16H,1-2,7-14H2,(H,19,21). The van der Waals surface area contributed by atoms with Crippen LogP contribution < -0.4 is 5.32 Å². The molecule has 0 saturated carbocycles. The minimum atomic E-state index is -3.43. The summed E-state index contributed by atoms with van der Waals surface area (Å²) in [5.41, 5.74) is 0.487. The highest BCUT2D eigenvalue weighted by Crippen LogP contribution is 2.22. The molecule has 0 aromatic heterocycles. The lowest BCUT2D eigenvalue weighted by Crippen LogP contribution is -2.28. The van der Waals surface area contributed by atoms with Gasteiger partial charge < -0.3 is 10.1 Å². The minimum absolute atomic E-state index is 0.164. The van der Waals surface area contributed by atoms with Crippen molar-refractivity contribution in [2.45, 2.75) is 35.8 Å². The largest absolute Gasteiger partial charge is 0.381 e. The number of sulfonamides is 1. The van der Waals surface area contributed by atoms with Crippen molar-refractivity contribution in [3.63, 3.8) is 0 Å². The highest BCUT2D eigenvalue weighted by molar-refractivity contribution is 7.99. The fourth-order valence-corrected chi connectivity index (χ4v) is 5.79. The Morgan fingerprint density at radius 3 is 2.46 bits per heavy atom. The average Bonchev–Trinajstić information content (AvgIpc) is 3.22. The molecule has 6 nitrogen and oxygen atoms in total. The second-order valence-electron chi connectivity index (χ2n) is 6.57. The predicted molar refractivity (Wildman–Crippen MR) is 103 cm³/mol. The summed E-state index contributed by atoms with van der Waals surface area (Å²) in [6.07, 6.45) is 3.97. The molecule has 2 saturated heterocycles. The molecule has 1 amide bonds. The van der Waals surface area contributed by atoms with Crippen molar-refractivity contribution in [1.29, 1.82) is 0 Å². The van der Waals surface area contributed by atoms with E-state index < -0.39 is 10.0 Å². The van der Waals surface area contributed by atoms with Gasteiger partial charge in [0.25, 0.3) is 5.91 Å². The number of carbonyl (C=O) groups is 1. The predicted octanol–water partition coefficient (Wildman–Crippen LogP) is 2.11. The monoisotopic (exact) mass is 398 g/mol. The second-order valence-corrected chi connectivity index (χ2v) is 9.92. The van der Waals surface area contributed by atoms with Gasteiger partial charge in [0, 0.05) is 49.4 Å². The lowest BCUT2D eigenvalue weighted by molar-refractivity contribution is 0.0955. The number of carbonyl (C=O) groups excluding carboxylic acids is 1. The molecule has 1 N–H and O–H groups in total. The Morgan fingerprint density at radius 2 is 1.81 bits per heavy atom. The van der Waals surface area contributed by atoms with Crippen LogP contribution in [-0.2, 0) is 14.8 Å². The number of ether oxygens (including phenoxy) is 1. The van der Waals surface area contributed by atoms with Crippen molar-refractivity contribution in [2.24, 2.45) is 0 Å². The molecule has 0 spiro atoms. The van der Waals surface area contributed by atoms with E-state index in [1.165, 1.54) is 16.4 Å². The van der Waals surface area contributed by atoms with Gasteiger partial charge in [-0.1, -0.05) is 0 Å². The summed E-state index contributed by atoms with van der Waals surface area (Å²) in [5.74, 6) is 0.709. The van der Waals surface area contributed by atoms with E-state index in [1.807, 2.05) is 11.8 Å². The Balaban J connectivity index is 1.47. The number of hydrogen-bond donors (Lipinski definition) is 1. The number of amides is 1. The summed E-state index contributed by atoms with van der Waals surface area (Å²) in [6.45, 7) is 3.42. The zero-order valence-corrected chi connectivity index (χ0v) is 16.5. The lowest BCUT2D eigenvalue weighted by Gasteiger charge is -2.21. The molecule has 144 valence electrons. The highest BCUT2D eigenvalue weighted by Gasteiger charge is 2.27. The minimum Gasteiger partial charge on any atom is -0.381 e. The number of nitrogens with one attached hydrogen (secondary N) is 1. The lowest BCUT2D eigenvalue weighted by atomic mass is 10.2. The molecular formula is C18H26N2O4S2. The zero-order chi connectivity index (χ0) is 18.4.